The van der Waals surface area contributed by atoms with Gasteiger partial charge in [0.05, 0.1) is 5.56 Å². The molecule has 1 aromatic heterocycles. The van der Waals surface area contributed by atoms with Crippen LogP contribution in [0, 0.1) is 19.3 Å². The zero-order chi connectivity index (χ0) is 17.5. The lowest BCUT2D eigenvalue weighted by Gasteiger charge is -2.22. The molecule has 0 spiro atoms. The number of nitrogens with zero attached hydrogens (tertiary/aromatic N) is 2. The fourth-order valence-electron chi connectivity index (χ4n) is 3.50. The van der Waals surface area contributed by atoms with Crippen LogP contribution in [0.25, 0.3) is 5.69 Å². The molecule has 0 saturated carbocycles. The number of carbonyl (C=O) groups is 1. The van der Waals surface area contributed by atoms with Crippen molar-refractivity contribution in [2.24, 2.45) is 11.1 Å². The zero-order valence-corrected chi connectivity index (χ0v) is 16.5. The van der Waals surface area contributed by atoms with E-state index >= 15 is 0 Å². The maximum absolute atomic E-state index is 13.0. The zero-order valence-electron chi connectivity index (χ0n) is 14.9. The van der Waals surface area contributed by atoms with Crippen molar-refractivity contribution in [3.05, 3.63) is 52.3 Å². The molecule has 6 heteroatoms. The number of aromatic nitrogens is 1. The van der Waals surface area contributed by atoms with Crippen LogP contribution in [0.15, 0.2) is 30.3 Å². The lowest BCUT2D eigenvalue weighted by Crippen LogP contribution is -2.34. The summed E-state index contributed by atoms with van der Waals surface area (Å²) in [6.07, 6.45) is 0.963. The first-order valence-electron chi connectivity index (χ1n) is 8.29. The number of carbonyl (C=O) groups excluding carboxylic acids is 1. The van der Waals surface area contributed by atoms with Crippen LogP contribution < -0.4 is 5.73 Å². The second-order valence-electron chi connectivity index (χ2n) is 7.09. The number of likely N-dealkylation sites (tertiary alicyclic amines) is 1. The lowest BCUT2D eigenvalue weighted by atomic mass is 9.90. The van der Waals surface area contributed by atoms with Gasteiger partial charge in [0.25, 0.3) is 5.91 Å². The highest BCUT2D eigenvalue weighted by Crippen LogP contribution is 2.31. The molecule has 2 aromatic rings. The Morgan fingerprint density at radius 2 is 1.92 bits per heavy atom. The van der Waals surface area contributed by atoms with Crippen LogP contribution in [0.4, 0.5) is 0 Å². The van der Waals surface area contributed by atoms with E-state index in [-0.39, 0.29) is 23.7 Å². The third-order valence-electron chi connectivity index (χ3n) is 5.08. The van der Waals surface area contributed by atoms with E-state index in [0.29, 0.717) is 11.6 Å². The van der Waals surface area contributed by atoms with Crippen molar-refractivity contribution < 1.29 is 4.79 Å². The summed E-state index contributed by atoms with van der Waals surface area (Å²) in [5.74, 6) is 0.0977. The lowest BCUT2D eigenvalue weighted by molar-refractivity contribution is 0.0776. The van der Waals surface area contributed by atoms with Gasteiger partial charge in [-0.05, 0) is 62.6 Å². The molecule has 0 bridgehead atoms. The summed E-state index contributed by atoms with van der Waals surface area (Å²) >= 11 is 5.98. The SMILES string of the molecule is Cc1cc(C(=O)N2CCC(C)(CN)C2)c(C)n1-c1ccc(Cl)cc1.Cl. The van der Waals surface area contributed by atoms with Crippen molar-refractivity contribution in [2.75, 3.05) is 19.6 Å². The van der Waals surface area contributed by atoms with E-state index in [4.69, 9.17) is 17.3 Å². The molecule has 1 fully saturated rings. The van der Waals surface area contributed by atoms with Gasteiger partial charge in [0.1, 0.15) is 0 Å². The molecule has 1 aliphatic heterocycles. The highest BCUT2D eigenvalue weighted by atomic mass is 35.5. The minimum Gasteiger partial charge on any atom is -0.338 e. The molecule has 4 nitrogen and oxygen atoms in total. The Kier molecular flexibility index (Phi) is 5.87. The number of benzene rings is 1. The van der Waals surface area contributed by atoms with E-state index in [1.54, 1.807) is 0 Å². The van der Waals surface area contributed by atoms with Crippen LogP contribution in [0.2, 0.25) is 5.02 Å². The van der Waals surface area contributed by atoms with Gasteiger partial charge < -0.3 is 15.2 Å². The molecule has 1 aliphatic rings. The summed E-state index contributed by atoms with van der Waals surface area (Å²) in [5.41, 5.74) is 9.68. The Morgan fingerprint density at radius 3 is 2.48 bits per heavy atom. The first-order chi connectivity index (χ1) is 11.3. The van der Waals surface area contributed by atoms with E-state index in [0.717, 1.165) is 42.1 Å². The molecule has 0 aliphatic carbocycles. The van der Waals surface area contributed by atoms with Crippen molar-refractivity contribution in [2.45, 2.75) is 27.2 Å². The average molecular weight is 382 g/mol. The van der Waals surface area contributed by atoms with E-state index < -0.39 is 0 Å². The van der Waals surface area contributed by atoms with Crippen molar-refractivity contribution in [1.82, 2.24) is 9.47 Å². The van der Waals surface area contributed by atoms with Gasteiger partial charge in [-0.1, -0.05) is 18.5 Å². The number of aryl methyl sites for hydroxylation is 1. The van der Waals surface area contributed by atoms with Crippen LogP contribution >= 0.6 is 24.0 Å². The number of amides is 1. The topological polar surface area (TPSA) is 51.3 Å². The molecule has 1 aromatic carbocycles. The average Bonchev–Trinajstić information content (AvgIpc) is 3.09. The number of halogens is 2. The molecule has 25 heavy (non-hydrogen) atoms. The number of nitrogens with two attached hydrogens (primary N) is 1. The predicted octanol–water partition coefficient (Wildman–Crippen LogP) is 3.98. The maximum atomic E-state index is 13.0. The molecule has 136 valence electrons. The van der Waals surface area contributed by atoms with Crippen molar-refractivity contribution in [3.8, 4) is 5.69 Å². The quantitative estimate of drug-likeness (QED) is 0.873. The van der Waals surface area contributed by atoms with Crippen LogP contribution in [-0.4, -0.2) is 35.0 Å². The summed E-state index contributed by atoms with van der Waals surface area (Å²) in [6, 6.07) is 9.65. The Hall–Kier alpha value is -1.49. The van der Waals surface area contributed by atoms with Gasteiger partial charge in [0.15, 0.2) is 0 Å². The van der Waals surface area contributed by atoms with Gasteiger partial charge in [-0.2, -0.15) is 0 Å². The van der Waals surface area contributed by atoms with Crippen LogP contribution in [0.3, 0.4) is 0 Å². The Bertz CT molecular complexity index is 770. The van der Waals surface area contributed by atoms with E-state index in [9.17, 15) is 4.79 Å². The normalized spacial score (nSPS) is 19.8. The number of hydrogen-bond acceptors (Lipinski definition) is 2. The molecule has 0 radical (unpaired) electrons. The standard InChI is InChI=1S/C19H24ClN3O.ClH/c1-13-10-17(18(24)22-9-8-19(3,11-21)12-22)14(2)23(13)16-6-4-15(20)5-7-16;/h4-7,10H,8-9,11-12,21H2,1-3H3;1H. The largest absolute Gasteiger partial charge is 0.338 e. The molecule has 1 unspecified atom stereocenters. The van der Waals surface area contributed by atoms with Gasteiger partial charge in [-0.25, -0.2) is 0 Å². The van der Waals surface area contributed by atoms with Gasteiger partial charge in [-0.15, -0.1) is 12.4 Å². The number of hydrogen-bond donors (Lipinski definition) is 1. The van der Waals surface area contributed by atoms with E-state index in [2.05, 4.69) is 11.5 Å². The smallest absolute Gasteiger partial charge is 0.255 e. The monoisotopic (exact) mass is 381 g/mol. The molecule has 3 rings (SSSR count). The van der Waals surface area contributed by atoms with E-state index in [1.165, 1.54) is 0 Å². The second kappa shape index (κ2) is 7.40. The molecular formula is C19H25Cl2N3O. The highest BCUT2D eigenvalue weighted by Gasteiger charge is 2.36. The Morgan fingerprint density at radius 1 is 1.28 bits per heavy atom. The molecule has 1 atom stereocenters. The predicted molar refractivity (Wildman–Crippen MR) is 105 cm³/mol. The summed E-state index contributed by atoms with van der Waals surface area (Å²) in [7, 11) is 0. The summed E-state index contributed by atoms with van der Waals surface area (Å²) in [5, 5.41) is 0.704. The van der Waals surface area contributed by atoms with Gasteiger partial charge in [0.2, 0.25) is 0 Å². The van der Waals surface area contributed by atoms with Gasteiger partial charge in [-0.3, -0.25) is 4.79 Å². The molecule has 1 amide bonds. The molecule has 2 heterocycles. The van der Waals surface area contributed by atoms with Crippen LogP contribution in [0.5, 0.6) is 0 Å². The number of rotatable bonds is 3. The maximum Gasteiger partial charge on any atom is 0.255 e. The van der Waals surface area contributed by atoms with Gasteiger partial charge in [0, 0.05) is 35.2 Å². The summed E-state index contributed by atoms with van der Waals surface area (Å²) < 4.78 is 2.10. The third kappa shape index (κ3) is 3.71. The molecule has 1 saturated heterocycles. The summed E-state index contributed by atoms with van der Waals surface area (Å²) in [4.78, 5) is 14.9. The Balaban J connectivity index is 0.00000225. The van der Waals surface area contributed by atoms with Gasteiger partial charge >= 0.3 is 0 Å². The van der Waals surface area contributed by atoms with Crippen molar-refractivity contribution >= 4 is 29.9 Å². The van der Waals surface area contributed by atoms with Crippen molar-refractivity contribution in [1.29, 1.82) is 0 Å². The second-order valence-corrected chi connectivity index (χ2v) is 7.52. The van der Waals surface area contributed by atoms with E-state index in [1.807, 2.05) is 49.1 Å². The minimum atomic E-state index is 0. The Labute approximate surface area is 160 Å². The van der Waals surface area contributed by atoms with Crippen molar-refractivity contribution in [3.63, 3.8) is 0 Å². The molecular weight excluding hydrogens is 357 g/mol. The fourth-order valence-corrected chi connectivity index (χ4v) is 3.63. The van der Waals surface area contributed by atoms with Crippen LogP contribution in [0.1, 0.15) is 35.1 Å². The first-order valence-corrected chi connectivity index (χ1v) is 8.67. The summed E-state index contributed by atoms with van der Waals surface area (Å²) in [6.45, 7) is 8.28. The minimum absolute atomic E-state index is 0. The van der Waals surface area contributed by atoms with Crippen LogP contribution in [-0.2, 0) is 0 Å². The highest BCUT2D eigenvalue weighted by molar-refractivity contribution is 6.30. The molecule has 2 N–H and O–H groups in total. The fraction of sp³-hybridized carbons (Fsp3) is 0.421. The first kappa shape index (κ1) is 19.8. The third-order valence-corrected chi connectivity index (χ3v) is 5.34.